The van der Waals surface area contributed by atoms with E-state index in [1.54, 1.807) is 30.4 Å². The lowest BCUT2D eigenvalue weighted by molar-refractivity contribution is -0.384. The van der Waals surface area contributed by atoms with Gasteiger partial charge in [0, 0.05) is 23.8 Å². The average Bonchev–Trinajstić information content (AvgIpc) is 2.99. The fraction of sp³-hybridized carbons (Fsp3) is 0.0625. The van der Waals surface area contributed by atoms with Crippen molar-refractivity contribution in [3.05, 3.63) is 57.3 Å². The standard InChI is InChI=1S/C16H12N4O5/c1-9-6-11(20(23)24)2-4-13(9)14-5-3-12(25-14)7-10(8-17)15(21)19-16(18)22/h2-7H,1H3,(H3,18,19,21,22)/b10-7+. The fourth-order valence-corrected chi connectivity index (χ4v) is 2.08. The molecule has 25 heavy (non-hydrogen) atoms. The van der Waals surface area contributed by atoms with Crippen molar-refractivity contribution in [3.8, 4) is 17.4 Å². The van der Waals surface area contributed by atoms with Gasteiger partial charge in [-0.2, -0.15) is 5.26 Å². The van der Waals surface area contributed by atoms with E-state index >= 15 is 0 Å². The number of nitriles is 1. The van der Waals surface area contributed by atoms with Crippen LogP contribution in [0.4, 0.5) is 10.5 Å². The van der Waals surface area contributed by atoms with E-state index in [0.717, 1.165) is 6.08 Å². The monoisotopic (exact) mass is 340 g/mol. The number of hydrogen-bond donors (Lipinski definition) is 2. The first-order chi connectivity index (χ1) is 11.8. The number of rotatable bonds is 4. The Kier molecular flexibility index (Phi) is 4.95. The molecule has 0 saturated heterocycles. The highest BCUT2D eigenvalue weighted by Crippen LogP contribution is 2.29. The number of nitrogens with one attached hydrogen (secondary N) is 1. The molecule has 0 atom stereocenters. The number of urea groups is 1. The molecule has 3 N–H and O–H groups in total. The van der Waals surface area contributed by atoms with Gasteiger partial charge >= 0.3 is 6.03 Å². The number of nitrogens with zero attached hydrogens (tertiary/aromatic N) is 2. The third kappa shape index (κ3) is 4.08. The molecule has 2 rings (SSSR count). The number of carbonyl (C=O) groups excluding carboxylic acids is 2. The number of carbonyl (C=O) groups is 2. The van der Waals surface area contributed by atoms with Gasteiger partial charge in [-0.3, -0.25) is 20.2 Å². The Hall–Kier alpha value is -3.93. The molecule has 0 aliphatic rings. The Labute approximate surface area is 141 Å². The summed E-state index contributed by atoms with van der Waals surface area (Å²) in [5.41, 5.74) is 5.69. The van der Waals surface area contributed by atoms with E-state index in [4.69, 9.17) is 15.4 Å². The highest BCUT2D eigenvalue weighted by Gasteiger charge is 2.14. The van der Waals surface area contributed by atoms with Crippen LogP contribution in [0.5, 0.6) is 0 Å². The van der Waals surface area contributed by atoms with Crippen molar-refractivity contribution in [1.82, 2.24) is 5.32 Å². The largest absolute Gasteiger partial charge is 0.457 e. The Morgan fingerprint density at radius 3 is 2.64 bits per heavy atom. The van der Waals surface area contributed by atoms with Crippen LogP contribution in [0, 0.1) is 28.4 Å². The summed E-state index contributed by atoms with van der Waals surface area (Å²) in [6.45, 7) is 1.70. The van der Waals surface area contributed by atoms with Crippen molar-refractivity contribution in [2.45, 2.75) is 6.92 Å². The normalized spacial score (nSPS) is 10.8. The molecule has 9 heteroatoms. The zero-order valence-electron chi connectivity index (χ0n) is 13.0. The molecule has 0 saturated carbocycles. The van der Waals surface area contributed by atoms with Crippen molar-refractivity contribution < 1.29 is 18.9 Å². The quantitative estimate of drug-likeness (QED) is 0.377. The van der Waals surface area contributed by atoms with Crippen LogP contribution in [0.2, 0.25) is 0 Å². The molecule has 2 aromatic rings. The molecule has 1 heterocycles. The first kappa shape index (κ1) is 17.4. The third-order valence-electron chi connectivity index (χ3n) is 3.20. The zero-order chi connectivity index (χ0) is 18.6. The summed E-state index contributed by atoms with van der Waals surface area (Å²) >= 11 is 0. The van der Waals surface area contributed by atoms with Gasteiger partial charge in [0.2, 0.25) is 0 Å². The van der Waals surface area contributed by atoms with E-state index in [2.05, 4.69) is 0 Å². The maximum absolute atomic E-state index is 11.6. The first-order valence-electron chi connectivity index (χ1n) is 6.89. The van der Waals surface area contributed by atoms with Crippen LogP contribution in [-0.2, 0) is 4.79 Å². The summed E-state index contributed by atoms with van der Waals surface area (Å²) in [6.07, 6.45) is 1.16. The van der Waals surface area contributed by atoms with Crippen LogP contribution in [-0.4, -0.2) is 16.9 Å². The molecule has 126 valence electrons. The number of amides is 3. The van der Waals surface area contributed by atoms with E-state index in [9.17, 15) is 19.7 Å². The summed E-state index contributed by atoms with van der Waals surface area (Å²) in [6, 6.07) is 7.99. The molecular formula is C16H12N4O5. The molecule has 3 amide bonds. The maximum Gasteiger partial charge on any atom is 0.319 e. The summed E-state index contributed by atoms with van der Waals surface area (Å²) in [4.78, 5) is 32.6. The van der Waals surface area contributed by atoms with Gasteiger partial charge in [0.05, 0.1) is 4.92 Å². The van der Waals surface area contributed by atoms with E-state index in [-0.39, 0.29) is 17.0 Å². The van der Waals surface area contributed by atoms with E-state index in [0.29, 0.717) is 16.9 Å². The predicted molar refractivity (Wildman–Crippen MR) is 86.9 cm³/mol. The lowest BCUT2D eigenvalue weighted by Gasteiger charge is -2.02. The van der Waals surface area contributed by atoms with E-state index in [1.165, 1.54) is 18.2 Å². The number of nitro groups is 1. The Balaban J connectivity index is 2.32. The van der Waals surface area contributed by atoms with Crippen molar-refractivity contribution in [2.75, 3.05) is 0 Å². The van der Waals surface area contributed by atoms with Gasteiger partial charge in [-0.05, 0) is 30.7 Å². The minimum absolute atomic E-state index is 0.0391. The number of aryl methyl sites for hydroxylation is 1. The number of nitrogens with two attached hydrogens (primary N) is 1. The molecule has 0 spiro atoms. The third-order valence-corrected chi connectivity index (χ3v) is 3.20. The van der Waals surface area contributed by atoms with Crippen LogP contribution in [0.1, 0.15) is 11.3 Å². The minimum atomic E-state index is -1.08. The lowest BCUT2D eigenvalue weighted by atomic mass is 10.1. The van der Waals surface area contributed by atoms with Gasteiger partial charge < -0.3 is 10.2 Å². The fourth-order valence-electron chi connectivity index (χ4n) is 2.08. The molecule has 0 aliphatic carbocycles. The lowest BCUT2D eigenvalue weighted by Crippen LogP contribution is -2.35. The number of hydrogen-bond acceptors (Lipinski definition) is 6. The number of benzene rings is 1. The maximum atomic E-state index is 11.6. The van der Waals surface area contributed by atoms with Gasteiger partial charge in [-0.15, -0.1) is 0 Å². The number of non-ortho nitro benzene ring substituents is 1. The number of nitro benzene ring substituents is 1. The van der Waals surface area contributed by atoms with Gasteiger partial charge in [-0.25, -0.2) is 4.79 Å². The summed E-state index contributed by atoms with van der Waals surface area (Å²) in [5.74, 6) is -0.338. The van der Waals surface area contributed by atoms with Crippen molar-refractivity contribution in [1.29, 1.82) is 5.26 Å². The molecule has 0 aliphatic heterocycles. The molecule has 0 fully saturated rings. The van der Waals surface area contributed by atoms with Crippen LogP contribution in [0.15, 0.2) is 40.3 Å². The molecule has 0 radical (unpaired) electrons. The van der Waals surface area contributed by atoms with Crippen LogP contribution >= 0.6 is 0 Å². The van der Waals surface area contributed by atoms with Gasteiger partial charge in [0.15, 0.2) is 0 Å². The molecular weight excluding hydrogens is 328 g/mol. The molecule has 0 unspecified atom stereocenters. The average molecular weight is 340 g/mol. The van der Waals surface area contributed by atoms with E-state index < -0.39 is 16.9 Å². The first-order valence-corrected chi connectivity index (χ1v) is 6.89. The minimum Gasteiger partial charge on any atom is -0.457 e. The van der Waals surface area contributed by atoms with E-state index in [1.807, 2.05) is 0 Å². The molecule has 0 bridgehead atoms. The van der Waals surface area contributed by atoms with Crippen molar-refractivity contribution in [3.63, 3.8) is 0 Å². The van der Waals surface area contributed by atoms with Crippen molar-refractivity contribution in [2.24, 2.45) is 5.73 Å². The summed E-state index contributed by atoms with van der Waals surface area (Å²) in [5, 5.41) is 21.5. The number of furan rings is 1. The number of imide groups is 1. The van der Waals surface area contributed by atoms with Crippen LogP contribution < -0.4 is 11.1 Å². The smallest absolute Gasteiger partial charge is 0.319 e. The Bertz CT molecular complexity index is 936. The zero-order valence-corrected chi connectivity index (χ0v) is 13.0. The predicted octanol–water partition coefficient (Wildman–Crippen LogP) is 2.27. The second kappa shape index (κ2) is 7.10. The van der Waals surface area contributed by atoms with Crippen LogP contribution in [0.25, 0.3) is 17.4 Å². The SMILES string of the molecule is Cc1cc([N+](=O)[O-])ccc1-c1ccc(/C=C(\C#N)C(=O)NC(N)=O)o1. The molecule has 1 aromatic carbocycles. The van der Waals surface area contributed by atoms with Gasteiger partial charge in [-0.1, -0.05) is 0 Å². The van der Waals surface area contributed by atoms with Crippen LogP contribution in [0.3, 0.4) is 0 Å². The summed E-state index contributed by atoms with van der Waals surface area (Å²) in [7, 11) is 0. The van der Waals surface area contributed by atoms with Gasteiger partial charge in [0.25, 0.3) is 11.6 Å². The molecule has 1 aromatic heterocycles. The number of primary amides is 1. The second-order valence-corrected chi connectivity index (χ2v) is 4.95. The molecule has 9 nitrogen and oxygen atoms in total. The Morgan fingerprint density at radius 2 is 2.08 bits per heavy atom. The van der Waals surface area contributed by atoms with Gasteiger partial charge in [0.1, 0.15) is 23.2 Å². The second-order valence-electron chi connectivity index (χ2n) is 4.95. The topological polar surface area (TPSA) is 152 Å². The Morgan fingerprint density at radius 1 is 1.36 bits per heavy atom. The summed E-state index contributed by atoms with van der Waals surface area (Å²) < 4.78 is 5.54. The highest BCUT2D eigenvalue weighted by molar-refractivity contribution is 6.08. The van der Waals surface area contributed by atoms with Crippen molar-refractivity contribution >= 4 is 23.7 Å². The highest BCUT2D eigenvalue weighted by atomic mass is 16.6.